The van der Waals surface area contributed by atoms with Gasteiger partial charge in [0.1, 0.15) is 11.5 Å². The van der Waals surface area contributed by atoms with Crippen LogP contribution in [0.3, 0.4) is 0 Å². The van der Waals surface area contributed by atoms with Gasteiger partial charge in [0.15, 0.2) is 12.6 Å². The van der Waals surface area contributed by atoms with Gasteiger partial charge < -0.3 is 18.9 Å². The number of hydrogen-bond donors (Lipinski definition) is 0. The Morgan fingerprint density at radius 3 is 1.92 bits per heavy atom. The van der Waals surface area contributed by atoms with Crippen molar-refractivity contribution >= 4 is 0 Å². The summed E-state index contributed by atoms with van der Waals surface area (Å²) in [6.07, 6.45) is -0.599. The largest absolute Gasteiger partial charge is 0.465 e. The van der Waals surface area contributed by atoms with Crippen LogP contribution in [-0.4, -0.2) is 25.8 Å². The highest BCUT2D eigenvalue weighted by Gasteiger charge is 2.25. The first-order chi connectivity index (χ1) is 11.2. The monoisotopic (exact) mass is 338 g/mol. The third-order valence-corrected chi connectivity index (χ3v) is 4.15. The summed E-state index contributed by atoms with van der Waals surface area (Å²) < 4.78 is 22.8. The molecule has 0 saturated heterocycles. The van der Waals surface area contributed by atoms with Crippen LogP contribution in [0.15, 0.2) is 18.2 Å². The first kappa shape index (κ1) is 20.8. The summed E-state index contributed by atoms with van der Waals surface area (Å²) in [7, 11) is 0. The molecule has 1 rings (SSSR count). The van der Waals surface area contributed by atoms with E-state index in [1.165, 1.54) is 0 Å². The van der Waals surface area contributed by atoms with Crippen molar-refractivity contribution in [1.82, 2.24) is 0 Å². The lowest BCUT2D eigenvalue weighted by molar-refractivity contribution is -0.0655. The third-order valence-electron chi connectivity index (χ3n) is 4.15. The minimum absolute atomic E-state index is 0.133. The molecule has 0 aliphatic carbocycles. The topological polar surface area (TPSA) is 36.9 Å². The first-order valence-electron chi connectivity index (χ1n) is 8.89. The van der Waals surface area contributed by atoms with E-state index in [0.29, 0.717) is 19.1 Å². The smallest absolute Gasteiger partial charge is 0.196 e. The summed E-state index contributed by atoms with van der Waals surface area (Å²) in [5.74, 6) is 1.87. The molecule has 138 valence electrons. The van der Waals surface area contributed by atoms with Crippen LogP contribution in [-0.2, 0) is 9.47 Å². The average molecular weight is 338 g/mol. The number of ether oxygens (including phenoxy) is 4. The lowest BCUT2D eigenvalue weighted by Crippen LogP contribution is -2.21. The summed E-state index contributed by atoms with van der Waals surface area (Å²) in [5, 5.41) is 0. The molecule has 0 aliphatic rings. The van der Waals surface area contributed by atoms with E-state index in [-0.39, 0.29) is 18.0 Å². The van der Waals surface area contributed by atoms with Crippen LogP contribution in [0, 0.1) is 5.41 Å². The molecule has 1 aromatic rings. The fourth-order valence-corrected chi connectivity index (χ4v) is 2.42. The van der Waals surface area contributed by atoms with Crippen molar-refractivity contribution in [3.05, 3.63) is 23.8 Å². The summed E-state index contributed by atoms with van der Waals surface area (Å²) in [6.45, 7) is 17.8. The van der Waals surface area contributed by atoms with Crippen molar-refractivity contribution < 1.29 is 18.9 Å². The van der Waals surface area contributed by atoms with E-state index in [0.717, 1.165) is 17.1 Å². The molecule has 3 unspecified atom stereocenters. The second-order valence-corrected chi connectivity index (χ2v) is 7.07. The molecular formula is C20H34O4. The van der Waals surface area contributed by atoms with Crippen molar-refractivity contribution in [2.24, 2.45) is 5.41 Å². The summed E-state index contributed by atoms with van der Waals surface area (Å²) in [4.78, 5) is 0. The van der Waals surface area contributed by atoms with Gasteiger partial charge in [-0.05, 0) is 50.7 Å². The van der Waals surface area contributed by atoms with E-state index >= 15 is 0 Å². The predicted molar refractivity (Wildman–Crippen MR) is 97.7 cm³/mol. The molecule has 0 N–H and O–H groups in total. The lowest BCUT2D eigenvalue weighted by Gasteiger charge is -2.30. The van der Waals surface area contributed by atoms with Crippen LogP contribution in [0.1, 0.15) is 66.9 Å². The second-order valence-electron chi connectivity index (χ2n) is 7.07. The number of benzene rings is 1. The molecule has 0 spiro atoms. The van der Waals surface area contributed by atoms with E-state index in [1.807, 2.05) is 39.8 Å². The number of hydrogen-bond acceptors (Lipinski definition) is 4. The summed E-state index contributed by atoms with van der Waals surface area (Å²) >= 11 is 0. The standard InChI is InChI=1S/C20H34O4/c1-9-21-15(4)23-17-11-12-18(14(3)20(6,7)8)19(13-17)24-16(5)22-10-2/h11-16H,9-10H2,1-8H3. The zero-order valence-electron chi connectivity index (χ0n) is 16.5. The molecule has 0 amide bonds. The maximum Gasteiger partial charge on any atom is 0.196 e. The Balaban J connectivity index is 3.09. The van der Waals surface area contributed by atoms with Gasteiger partial charge in [0.05, 0.1) is 0 Å². The van der Waals surface area contributed by atoms with Gasteiger partial charge in [-0.1, -0.05) is 33.8 Å². The fourth-order valence-electron chi connectivity index (χ4n) is 2.42. The van der Waals surface area contributed by atoms with Gasteiger partial charge in [-0.2, -0.15) is 0 Å². The Morgan fingerprint density at radius 2 is 1.42 bits per heavy atom. The molecule has 0 heterocycles. The summed E-state index contributed by atoms with van der Waals surface area (Å²) in [5.41, 5.74) is 1.29. The minimum Gasteiger partial charge on any atom is -0.465 e. The molecule has 0 fully saturated rings. The zero-order chi connectivity index (χ0) is 18.3. The first-order valence-corrected chi connectivity index (χ1v) is 8.89. The van der Waals surface area contributed by atoms with E-state index in [9.17, 15) is 0 Å². The van der Waals surface area contributed by atoms with Gasteiger partial charge in [-0.3, -0.25) is 0 Å². The van der Waals surface area contributed by atoms with Crippen LogP contribution >= 0.6 is 0 Å². The molecule has 0 aliphatic heterocycles. The maximum absolute atomic E-state index is 6.04. The normalized spacial score (nSPS) is 15.7. The van der Waals surface area contributed by atoms with Crippen molar-refractivity contribution in [1.29, 1.82) is 0 Å². The Bertz CT molecular complexity index is 493. The lowest BCUT2D eigenvalue weighted by atomic mass is 9.77. The number of rotatable bonds is 9. The van der Waals surface area contributed by atoms with Gasteiger partial charge in [0.25, 0.3) is 0 Å². The SMILES string of the molecule is CCOC(C)Oc1ccc(C(C)C(C)(C)C)c(OC(C)OCC)c1. The Morgan fingerprint density at radius 1 is 0.875 bits per heavy atom. The molecular weight excluding hydrogens is 304 g/mol. The maximum atomic E-state index is 6.04. The van der Waals surface area contributed by atoms with Crippen molar-refractivity contribution in [2.45, 2.75) is 73.9 Å². The molecule has 4 nitrogen and oxygen atoms in total. The highest BCUT2D eigenvalue weighted by atomic mass is 16.7. The molecule has 3 atom stereocenters. The van der Waals surface area contributed by atoms with Crippen molar-refractivity contribution in [3.63, 3.8) is 0 Å². The molecule has 24 heavy (non-hydrogen) atoms. The van der Waals surface area contributed by atoms with E-state index in [2.05, 4.69) is 33.8 Å². The van der Waals surface area contributed by atoms with Gasteiger partial charge in [0, 0.05) is 19.3 Å². The van der Waals surface area contributed by atoms with E-state index in [4.69, 9.17) is 18.9 Å². The highest BCUT2D eigenvalue weighted by Crippen LogP contribution is 2.40. The van der Waals surface area contributed by atoms with Crippen molar-refractivity contribution in [2.75, 3.05) is 13.2 Å². The molecule has 1 aromatic carbocycles. The molecule has 0 bridgehead atoms. The fraction of sp³-hybridized carbons (Fsp3) is 0.700. The van der Waals surface area contributed by atoms with Crippen LogP contribution in [0.2, 0.25) is 0 Å². The molecule has 0 aromatic heterocycles. The Kier molecular flexibility index (Phi) is 8.04. The quantitative estimate of drug-likeness (QED) is 0.568. The van der Waals surface area contributed by atoms with Gasteiger partial charge >= 0.3 is 0 Å². The molecule has 4 heteroatoms. The second kappa shape index (κ2) is 9.28. The van der Waals surface area contributed by atoms with Crippen LogP contribution in [0.4, 0.5) is 0 Å². The van der Waals surface area contributed by atoms with Crippen LogP contribution < -0.4 is 9.47 Å². The zero-order valence-corrected chi connectivity index (χ0v) is 16.5. The Hall–Kier alpha value is -1.26. The van der Waals surface area contributed by atoms with Gasteiger partial charge in [-0.15, -0.1) is 0 Å². The van der Waals surface area contributed by atoms with E-state index < -0.39 is 0 Å². The summed E-state index contributed by atoms with van der Waals surface area (Å²) in [6, 6.07) is 5.99. The molecule has 0 radical (unpaired) electrons. The Labute approximate surface area is 147 Å². The highest BCUT2D eigenvalue weighted by molar-refractivity contribution is 5.43. The van der Waals surface area contributed by atoms with Gasteiger partial charge in [0.2, 0.25) is 0 Å². The minimum atomic E-state index is -0.305. The van der Waals surface area contributed by atoms with Gasteiger partial charge in [-0.25, -0.2) is 0 Å². The molecule has 0 saturated carbocycles. The van der Waals surface area contributed by atoms with Crippen LogP contribution in [0.25, 0.3) is 0 Å². The van der Waals surface area contributed by atoms with Crippen LogP contribution in [0.5, 0.6) is 11.5 Å². The average Bonchev–Trinajstić information content (AvgIpc) is 2.46. The third kappa shape index (κ3) is 6.33. The van der Waals surface area contributed by atoms with Crippen molar-refractivity contribution in [3.8, 4) is 11.5 Å². The van der Waals surface area contributed by atoms with E-state index in [1.54, 1.807) is 0 Å². The predicted octanol–water partition coefficient (Wildman–Crippen LogP) is 5.36.